The topological polar surface area (TPSA) is 75.4 Å². The highest BCUT2D eigenvalue weighted by molar-refractivity contribution is 7.80. The Bertz CT molecular complexity index is 610. The van der Waals surface area contributed by atoms with Crippen LogP contribution < -0.4 is 16.0 Å². The fraction of sp³-hybridized carbons (Fsp3) is 0.357. The third kappa shape index (κ3) is 2.27. The van der Waals surface area contributed by atoms with Gasteiger partial charge in [0, 0.05) is 5.56 Å². The number of piperazine rings is 1. The first-order valence-electron chi connectivity index (χ1n) is 6.26. The van der Waals surface area contributed by atoms with E-state index in [0.29, 0.717) is 5.56 Å². The minimum atomic E-state index is -0.848. The molecule has 1 aliphatic rings. The van der Waals surface area contributed by atoms with Crippen LogP contribution in [0, 0.1) is 6.92 Å². The average Bonchev–Trinajstić information content (AvgIpc) is 2.34. The van der Waals surface area contributed by atoms with Crippen molar-refractivity contribution in [3.63, 3.8) is 0 Å². The minimum absolute atomic E-state index is 0.0964. The van der Waals surface area contributed by atoms with Crippen LogP contribution in [0.1, 0.15) is 25.0 Å². The molecule has 0 saturated carbocycles. The molecule has 6 heteroatoms. The van der Waals surface area contributed by atoms with Crippen molar-refractivity contribution in [2.24, 2.45) is 5.73 Å². The Hall–Kier alpha value is -1.95. The van der Waals surface area contributed by atoms with Gasteiger partial charge in [0.15, 0.2) is 0 Å². The zero-order chi connectivity index (χ0) is 15.1. The number of carbonyl (C=O) groups excluding carboxylic acids is 2. The maximum absolute atomic E-state index is 12.1. The van der Waals surface area contributed by atoms with Crippen LogP contribution in [0.25, 0.3) is 0 Å². The number of amides is 2. The monoisotopic (exact) mass is 291 g/mol. The molecule has 1 aromatic carbocycles. The molecule has 2 amide bonds. The molecular formula is C14H17N3O2S. The Morgan fingerprint density at radius 2 is 2.05 bits per heavy atom. The Balaban J connectivity index is 2.63. The predicted molar refractivity (Wildman–Crippen MR) is 81.6 cm³/mol. The molecule has 2 rings (SSSR count). The van der Waals surface area contributed by atoms with Crippen LogP contribution >= 0.6 is 12.2 Å². The highest BCUT2D eigenvalue weighted by Crippen LogP contribution is 2.32. The molecule has 1 aromatic rings. The molecule has 0 aliphatic carbocycles. The summed E-state index contributed by atoms with van der Waals surface area (Å²) in [6.07, 6.45) is 0. The summed E-state index contributed by atoms with van der Waals surface area (Å²) in [6.45, 7) is 5.54. The number of thiocarbonyl (C=S) groups is 1. The normalized spacial score (nSPS) is 17.9. The van der Waals surface area contributed by atoms with Crippen LogP contribution in [0.3, 0.4) is 0 Å². The Labute approximate surface area is 123 Å². The number of nitrogens with zero attached hydrogens (tertiary/aromatic N) is 1. The molecule has 0 bridgehead atoms. The van der Waals surface area contributed by atoms with E-state index in [-0.39, 0.29) is 23.3 Å². The van der Waals surface area contributed by atoms with E-state index in [1.54, 1.807) is 24.8 Å². The van der Waals surface area contributed by atoms with Gasteiger partial charge in [-0.15, -0.1) is 0 Å². The summed E-state index contributed by atoms with van der Waals surface area (Å²) in [6, 6.07) is 5.56. The van der Waals surface area contributed by atoms with E-state index < -0.39 is 5.54 Å². The van der Waals surface area contributed by atoms with Gasteiger partial charge in [0.1, 0.15) is 10.5 Å². The van der Waals surface area contributed by atoms with E-state index in [1.807, 2.05) is 19.1 Å². The van der Waals surface area contributed by atoms with Gasteiger partial charge in [0.05, 0.1) is 12.2 Å². The summed E-state index contributed by atoms with van der Waals surface area (Å²) >= 11 is 5.08. The Kier molecular flexibility index (Phi) is 3.52. The van der Waals surface area contributed by atoms with Gasteiger partial charge in [0.25, 0.3) is 5.91 Å². The van der Waals surface area contributed by atoms with Crippen LogP contribution in [0.2, 0.25) is 0 Å². The molecule has 20 heavy (non-hydrogen) atoms. The van der Waals surface area contributed by atoms with Gasteiger partial charge >= 0.3 is 0 Å². The van der Waals surface area contributed by atoms with Gasteiger partial charge in [0.2, 0.25) is 5.91 Å². The van der Waals surface area contributed by atoms with Gasteiger partial charge in [-0.25, -0.2) is 0 Å². The molecule has 0 atom stereocenters. The van der Waals surface area contributed by atoms with Crippen LogP contribution in [-0.4, -0.2) is 28.9 Å². The van der Waals surface area contributed by atoms with Gasteiger partial charge in [-0.3, -0.25) is 14.9 Å². The lowest BCUT2D eigenvalue weighted by Crippen LogP contribution is -2.64. The number of rotatable bonds is 2. The van der Waals surface area contributed by atoms with Crippen molar-refractivity contribution in [2.45, 2.75) is 26.3 Å². The average molecular weight is 291 g/mol. The van der Waals surface area contributed by atoms with Crippen LogP contribution in [0.5, 0.6) is 0 Å². The number of hydrogen-bond donors (Lipinski definition) is 2. The largest absolute Gasteiger partial charge is 0.389 e. The van der Waals surface area contributed by atoms with Crippen LogP contribution in [0.4, 0.5) is 5.69 Å². The molecule has 1 heterocycles. The van der Waals surface area contributed by atoms with Gasteiger partial charge in [-0.1, -0.05) is 24.4 Å². The Morgan fingerprint density at radius 3 is 2.65 bits per heavy atom. The number of imide groups is 1. The van der Waals surface area contributed by atoms with Crippen LogP contribution in [0.15, 0.2) is 18.2 Å². The van der Waals surface area contributed by atoms with Gasteiger partial charge in [-0.05, 0) is 32.4 Å². The van der Waals surface area contributed by atoms with Crippen molar-refractivity contribution < 1.29 is 9.59 Å². The molecule has 0 aromatic heterocycles. The number of nitrogens with two attached hydrogens (primary N) is 1. The number of nitrogens with one attached hydrogen (secondary N) is 1. The lowest BCUT2D eigenvalue weighted by molar-refractivity contribution is -0.135. The SMILES string of the molecule is Cc1cccc(C(N)=S)c1N1CC(=O)NC(=O)C1(C)C. The summed E-state index contributed by atoms with van der Waals surface area (Å²) in [7, 11) is 0. The molecule has 3 N–H and O–H groups in total. The van der Waals surface area contributed by atoms with E-state index in [4.69, 9.17) is 18.0 Å². The molecule has 1 aliphatic heterocycles. The molecule has 1 fully saturated rings. The number of aryl methyl sites for hydroxylation is 1. The highest BCUT2D eigenvalue weighted by Gasteiger charge is 2.42. The molecule has 1 saturated heterocycles. The molecular weight excluding hydrogens is 274 g/mol. The summed E-state index contributed by atoms with van der Waals surface area (Å²) in [5.74, 6) is -0.655. The number of hydrogen-bond acceptors (Lipinski definition) is 4. The summed E-state index contributed by atoms with van der Waals surface area (Å²) in [5.41, 5.74) is 7.26. The lowest BCUT2D eigenvalue weighted by atomic mass is 9.94. The maximum Gasteiger partial charge on any atom is 0.251 e. The number of para-hydroxylation sites is 1. The smallest absolute Gasteiger partial charge is 0.251 e. The number of carbonyl (C=O) groups is 2. The van der Waals surface area contributed by atoms with Crippen molar-refractivity contribution in [1.82, 2.24) is 5.32 Å². The van der Waals surface area contributed by atoms with Crippen molar-refractivity contribution in [3.8, 4) is 0 Å². The van der Waals surface area contributed by atoms with E-state index in [1.165, 1.54) is 0 Å². The predicted octanol–water partition coefficient (Wildman–Crippen LogP) is 0.871. The number of benzene rings is 1. The molecule has 0 unspecified atom stereocenters. The molecule has 106 valence electrons. The van der Waals surface area contributed by atoms with E-state index in [0.717, 1.165) is 11.3 Å². The maximum atomic E-state index is 12.1. The third-order valence-electron chi connectivity index (χ3n) is 3.56. The van der Waals surface area contributed by atoms with E-state index in [9.17, 15) is 9.59 Å². The zero-order valence-corrected chi connectivity index (χ0v) is 12.5. The first-order valence-corrected chi connectivity index (χ1v) is 6.67. The summed E-state index contributed by atoms with van der Waals surface area (Å²) < 4.78 is 0. The lowest BCUT2D eigenvalue weighted by Gasteiger charge is -2.43. The third-order valence-corrected chi connectivity index (χ3v) is 3.78. The van der Waals surface area contributed by atoms with Crippen molar-refractivity contribution in [2.75, 3.05) is 11.4 Å². The fourth-order valence-corrected chi connectivity index (χ4v) is 2.52. The second kappa shape index (κ2) is 4.86. The summed E-state index contributed by atoms with van der Waals surface area (Å²) in [4.78, 5) is 25.8. The minimum Gasteiger partial charge on any atom is -0.389 e. The Morgan fingerprint density at radius 1 is 1.40 bits per heavy atom. The van der Waals surface area contributed by atoms with Crippen molar-refractivity contribution >= 4 is 34.7 Å². The molecule has 0 spiro atoms. The molecule has 0 radical (unpaired) electrons. The first-order chi connectivity index (χ1) is 9.25. The van der Waals surface area contributed by atoms with Crippen molar-refractivity contribution in [1.29, 1.82) is 0 Å². The summed E-state index contributed by atoms with van der Waals surface area (Å²) in [5, 5.41) is 2.35. The standard InChI is InChI=1S/C14H17N3O2S/c1-8-5-4-6-9(12(15)20)11(8)17-7-10(18)16-13(19)14(17,2)3/h4-6H,7H2,1-3H3,(H2,15,20)(H,16,18,19). The zero-order valence-electron chi connectivity index (χ0n) is 11.7. The van der Waals surface area contributed by atoms with E-state index >= 15 is 0 Å². The first kappa shape index (κ1) is 14.5. The van der Waals surface area contributed by atoms with Gasteiger partial charge < -0.3 is 10.6 Å². The second-order valence-electron chi connectivity index (χ2n) is 5.36. The van der Waals surface area contributed by atoms with E-state index in [2.05, 4.69) is 5.32 Å². The second-order valence-corrected chi connectivity index (χ2v) is 5.80. The fourth-order valence-electron chi connectivity index (χ4n) is 2.36. The number of anilines is 1. The van der Waals surface area contributed by atoms with Crippen molar-refractivity contribution in [3.05, 3.63) is 29.3 Å². The highest BCUT2D eigenvalue weighted by atomic mass is 32.1. The van der Waals surface area contributed by atoms with Gasteiger partial charge in [-0.2, -0.15) is 0 Å². The quantitative estimate of drug-likeness (QED) is 0.625. The van der Waals surface area contributed by atoms with Crippen LogP contribution in [-0.2, 0) is 9.59 Å². The molecule has 5 nitrogen and oxygen atoms in total.